The number of allylic oxidation sites excluding steroid dienone is 1. The lowest BCUT2D eigenvalue weighted by molar-refractivity contribution is -0.115. The van der Waals surface area contributed by atoms with Crippen molar-refractivity contribution in [1.29, 1.82) is 0 Å². The Bertz CT molecular complexity index is 185. The summed E-state index contributed by atoms with van der Waals surface area (Å²) in [5.41, 5.74) is 3.53. The lowest BCUT2D eigenvalue weighted by Crippen LogP contribution is -1.97. The maximum Gasteiger partial charge on any atom is 0.166 e. The molecule has 0 amide bonds. The van der Waals surface area contributed by atoms with Gasteiger partial charge in [-0.1, -0.05) is 13.0 Å². The van der Waals surface area contributed by atoms with E-state index in [9.17, 15) is 4.79 Å². The van der Waals surface area contributed by atoms with Crippen LogP contribution in [0.2, 0.25) is 0 Å². The van der Waals surface area contributed by atoms with E-state index in [0.29, 0.717) is 6.42 Å². The van der Waals surface area contributed by atoms with Gasteiger partial charge in [-0.25, -0.2) is 0 Å². The number of carbonyl (C=O) groups excluding carboxylic acids is 1. The minimum atomic E-state index is 0.257. The Kier molecular flexibility index (Phi) is 2.47. The van der Waals surface area contributed by atoms with E-state index in [0.717, 1.165) is 24.8 Å². The van der Waals surface area contributed by atoms with Crippen LogP contribution in [0.15, 0.2) is 17.9 Å². The first-order valence-corrected chi connectivity index (χ1v) is 3.76. The Balaban J connectivity index is 2.70. The van der Waals surface area contributed by atoms with Crippen LogP contribution < -0.4 is 0 Å². The smallest absolute Gasteiger partial charge is 0.166 e. The van der Waals surface area contributed by atoms with Crippen LogP contribution in [0, 0.1) is 0 Å². The van der Waals surface area contributed by atoms with Gasteiger partial charge in [0.1, 0.15) is 0 Å². The second-order valence-corrected chi connectivity index (χ2v) is 2.64. The number of hydrogen-bond acceptors (Lipinski definition) is 1. The molecule has 10 heavy (non-hydrogen) atoms. The van der Waals surface area contributed by atoms with Crippen molar-refractivity contribution in [1.82, 2.24) is 0 Å². The van der Waals surface area contributed by atoms with E-state index in [2.05, 4.69) is 12.3 Å². The molecule has 1 aliphatic rings. The van der Waals surface area contributed by atoms with Crippen LogP contribution >= 0.6 is 0 Å². The SMILES string of the molecule is C=C=C1CCCCCC1=O. The number of hydrogen-bond donors (Lipinski definition) is 0. The minimum absolute atomic E-state index is 0.257. The Hall–Kier alpha value is -0.810. The van der Waals surface area contributed by atoms with E-state index < -0.39 is 0 Å². The van der Waals surface area contributed by atoms with Crippen molar-refractivity contribution in [3.63, 3.8) is 0 Å². The molecule has 0 aromatic heterocycles. The highest BCUT2D eigenvalue weighted by Crippen LogP contribution is 2.17. The molecule has 54 valence electrons. The van der Waals surface area contributed by atoms with Gasteiger partial charge in [0, 0.05) is 12.0 Å². The summed E-state index contributed by atoms with van der Waals surface area (Å²) < 4.78 is 0. The molecule has 0 saturated heterocycles. The van der Waals surface area contributed by atoms with E-state index in [1.165, 1.54) is 6.42 Å². The van der Waals surface area contributed by atoms with Crippen LogP contribution in [-0.4, -0.2) is 5.78 Å². The van der Waals surface area contributed by atoms with Crippen LogP contribution in [0.25, 0.3) is 0 Å². The van der Waals surface area contributed by atoms with Crippen LogP contribution in [0.4, 0.5) is 0 Å². The van der Waals surface area contributed by atoms with Gasteiger partial charge in [0.15, 0.2) is 5.78 Å². The van der Waals surface area contributed by atoms with Gasteiger partial charge >= 0.3 is 0 Å². The third kappa shape index (κ3) is 1.58. The molecule has 1 rings (SSSR count). The van der Waals surface area contributed by atoms with Crippen molar-refractivity contribution in [2.75, 3.05) is 0 Å². The normalized spacial score (nSPS) is 20.0. The molecule has 0 aromatic rings. The molecule has 0 unspecified atom stereocenters. The van der Waals surface area contributed by atoms with Gasteiger partial charge in [0.2, 0.25) is 0 Å². The van der Waals surface area contributed by atoms with Gasteiger partial charge in [-0.3, -0.25) is 4.79 Å². The number of carbonyl (C=O) groups is 1. The molecule has 1 heteroatoms. The number of rotatable bonds is 0. The van der Waals surface area contributed by atoms with E-state index in [4.69, 9.17) is 0 Å². The van der Waals surface area contributed by atoms with Crippen molar-refractivity contribution in [2.45, 2.75) is 32.1 Å². The zero-order valence-corrected chi connectivity index (χ0v) is 6.15. The third-order valence-corrected chi connectivity index (χ3v) is 1.88. The fourth-order valence-corrected chi connectivity index (χ4v) is 1.24. The van der Waals surface area contributed by atoms with Crippen molar-refractivity contribution >= 4 is 5.78 Å². The van der Waals surface area contributed by atoms with Crippen molar-refractivity contribution in [3.05, 3.63) is 17.9 Å². The zero-order valence-electron chi connectivity index (χ0n) is 6.15. The van der Waals surface area contributed by atoms with Gasteiger partial charge in [-0.2, -0.15) is 0 Å². The predicted molar refractivity (Wildman–Crippen MR) is 40.7 cm³/mol. The summed E-state index contributed by atoms with van der Waals surface area (Å²) >= 11 is 0. The highest BCUT2D eigenvalue weighted by Gasteiger charge is 2.11. The first kappa shape index (κ1) is 7.30. The van der Waals surface area contributed by atoms with Gasteiger partial charge in [0.25, 0.3) is 0 Å². The molecule has 0 aliphatic heterocycles. The van der Waals surface area contributed by atoms with Gasteiger partial charge in [-0.05, 0) is 19.3 Å². The quantitative estimate of drug-likeness (QED) is 0.283. The lowest BCUT2D eigenvalue weighted by atomic mass is 10.1. The number of ketones is 1. The Morgan fingerprint density at radius 1 is 1.20 bits per heavy atom. The fraction of sp³-hybridized carbons (Fsp3) is 0.556. The topological polar surface area (TPSA) is 17.1 Å². The monoisotopic (exact) mass is 136 g/mol. The summed E-state index contributed by atoms with van der Waals surface area (Å²) in [5, 5.41) is 0. The Labute approximate surface area is 61.4 Å². The predicted octanol–water partition coefficient (Wildman–Crippen LogP) is 2.23. The first-order valence-electron chi connectivity index (χ1n) is 3.76. The highest BCUT2D eigenvalue weighted by atomic mass is 16.1. The second kappa shape index (κ2) is 3.38. The van der Waals surface area contributed by atoms with Gasteiger partial charge in [-0.15, -0.1) is 5.73 Å². The van der Waals surface area contributed by atoms with Crippen LogP contribution in [-0.2, 0) is 4.79 Å². The van der Waals surface area contributed by atoms with E-state index in [1.54, 1.807) is 0 Å². The lowest BCUT2D eigenvalue weighted by Gasteiger charge is -1.93. The summed E-state index contributed by atoms with van der Waals surface area (Å²) in [7, 11) is 0. The summed E-state index contributed by atoms with van der Waals surface area (Å²) in [6, 6.07) is 0. The largest absolute Gasteiger partial charge is 0.294 e. The van der Waals surface area contributed by atoms with E-state index >= 15 is 0 Å². The molecule has 0 N–H and O–H groups in total. The Morgan fingerprint density at radius 3 is 2.60 bits per heavy atom. The molecule has 1 nitrogen and oxygen atoms in total. The minimum Gasteiger partial charge on any atom is -0.294 e. The average Bonchev–Trinajstić information content (AvgIpc) is 2.13. The van der Waals surface area contributed by atoms with E-state index in [1.807, 2.05) is 0 Å². The molecule has 0 atom stereocenters. The molecule has 0 heterocycles. The first-order chi connectivity index (χ1) is 4.84. The zero-order chi connectivity index (χ0) is 7.40. The molecule has 1 fully saturated rings. The summed E-state index contributed by atoms with van der Waals surface area (Å²) in [5.74, 6) is 0.257. The molecule has 0 bridgehead atoms. The van der Waals surface area contributed by atoms with E-state index in [-0.39, 0.29) is 5.78 Å². The molecular weight excluding hydrogens is 124 g/mol. The second-order valence-electron chi connectivity index (χ2n) is 2.64. The van der Waals surface area contributed by atoms with Crippen molar-refractivity contribution < 1.29 is 4.79 Å². The van der Waals surface area contributed by atoms with Crippen LogP contribution in [0.5, 0.6) is 0 Å². The summed E-state index contributed by atoms with van der Waals surface area (Å²) in [4.78, 5) is 11.1. The average molecular weight is 136 g/mol. The van der Waals surface area contributed by atoms with Crippen molar-refractivity contribution in [2.24, 2.45) is 0 Å². The third-order valence-electron chi connectivity index (χ3n) is 1.88. The van der Waals surface area contributed by atoms with Gasteiger partial charge in [0.05, 0.1) is 0 Å². The standard InChI is InChI=1S/C9H12O/c1-2-8-6-4-3-5-7-9(8)10/h1,3-7H2. The highest BCUT2D eigenvalue weighted by molar-refractivity contribution is 5.95. The molecular formula is C9H12O. The molecule has 1 saturated carbocycles. The molecule has 0 radical (unpaired) electrons. The maximum absolute atomic E-state index is 11.1. The van der Waals surface area contributed by atoms with Crippen LogP contribution in [0.3, 0.4) is 0 Å². The maximum atomic E-state index is 11.1. The Morgan fingerprint density at radius 2 is 1.90 bits per heavy atom. The summed E-state index contributed by atoms with van der Waals surface area (Å²) in [6.45, 7) is 3.49. The molecule has 0 aromatic carbocycles. The van der Waals surface area contributed by atoms with Gasteiger partial charge < -0.3 is 0 Å². The molecule has 1 aliphatic carbocycles. The van der Waals surface area contributed by atoms with Crippen molar-refractivity contribution in [3.8, 4) is 0 Å². The van der Waals surface area contributed by atoms with Crippen LogP contribution in [0.1, 0.15) is 32.1 Å². The summed E-state index contributed by atoms with van der Waals surface area (Å²) in [6.07, 6.45) is 4.95. The fourth-order valence-electron chi connectivity index (χ4n) is 1.24. The molecule has 0 spiro atoms. The number of Topliss-reactive ketones (excluding diaryl/α,β-unsaturated/α-hetero) is 1.